The molecule has 3 N–H and O–H groups in total. The zero-order valence-corrected chi connectivity index (χ0v) is 18.6. The van der Waals surface area contributed by atoms with Crippen molar-refractivity contribution in [1.29, 1.82) is 0 Å². The van der Waals surface area contributed by atoms with Gasteiger partial charge in [-0.2, -0.15) is 5.10 Å². The summed E-state index contributed by atoms with van der Waals surface area (Å²) in [6, 6.07) is 17.3. The van der Waals surface area contributed by atoms with E-state index >= 15 is 4.39 Å². The molecule has 9 heteroatoms. The van der Waals surface area contributed by atoms with E-state index in [0.29, 0.717) is 47.3 Å². The number of anilines is 1. The zero-order chi connectivity index (χ0) is 23.1. The van der Waals surface area contributed by atoms with Gasteiger partial charge in [0.1, 0.15) is 35.5 Å². The van der Waals surface area contributed by atoms with Crippen LogP contribution in [0.2, 0.25) is 0 Å². The number of nitrogen functional groups attached to an aromatic ring is 1. The van der Waals surface area contributed by atoms with Crippen molar-refractivity contribution >= 4 is 16.9 Å². The van der Waals surface area contributed by atoms with E-state index in [9.17, 15) is 0 Å². The summed E-state index contributed by atoms with van der Waals surface area (Å²) in [4.78, 5) is 10.9. The molecule has 2 saturated heterocycles. The number of hydrogen-bond acceptors (Lipinski definition) is 7. The molecule has 0 aliphatic carbocycles. The van der Waals surface area contributed by atoms with Crippen molar-refractivity contribution in [2.24, 2.45) is 0 Å². The predicted octanol–water partition coefficient (Wildman–Crippen LogP) is 3.42. The Kier molecular flexibility index (Phi) is 5.35. The van der Waals surface area contributed by atoms with E-state index in [-0.39, 0.29) is 0 Å². The van der Waals surface area contributed by atoms with Crippen molar-refractivity contribution in [1.82, 2.24) is 30.0 Å². The van der Waals surface area contributed by atoms with Crippen LogP contribution >= 0.6 is 0 Å². The average molecular weight is 460 g/mol. The van der Waals surface area contributed by atoms with Gasteiger partial charge in [-0.15, -0.1) is 0 Å². The molecule has 2 aromatic heterocycles. The number of rotatable bonds is 5. The second-order valence-corrected chi connectivity index (χ2v) is 8.87. The van der Waals surface area contributed by atoms with Crippen LogP contribution < -0.4 is 15.8 Å². The van der Waals surface area contributed by atoms with Crippen LogP contribution in [0.25, 0.3) is 22.3 Å². The van der Waals surface area contributed by atoms with E-state index in [1.54, 1.807) is 4.68 Å². The third kappa shape index (κ3) is 3.76. The van der Waals surface area contributed by atoms with Crippen LogP contribution in [0.4, 0.5) is 10.2 Å². The number of nitrogens with one attached hydrogen (secondary N) is 1. The predicted molar refractivity (Wildman–Crippen MR) is 128 cm³/mol. The maximum Gasteiger partial charge on any atom is 0.164 e. The first-order chi connectivity index (χ1) is 16.7. The van der Waals surface area contributed by atoms with Gasteiger partial charge in [-0.05, 0) is 42.8 Å². The third-order valence-corrected chi connectivity index (χ3v) is 6.75. The summed E-state index contributed by atoms with van der Waals surface area (Å²) < 4.78 is 23.0. The molecule has 2 atom stereocenters. The topological polar surface area (TPSA) is 94.1 Å². The number of ether oxygens (including phenoxy) is 1. The van der Waals surface area contributed by atoms with Crippen molar-refractivity contribution in [2.45, 2.75) is 24.7 Å². The Morgan fingerprint density at radius 1 is 1.00 bits per heavy atom. The van der Waals surface area contributed by atoms with Gasteiger partial charge in [0.05, 0.1) is 11.4 Å². The van der Waals surface area contributed by atoms with Gasteiger partial charge in [-0.25, -0.2) is 19.0 Å². The van der Waals surface area contributed by atoms with Crippen molar-refractivity contribution in [3.8, 4) is 22.8 Å². The molecular weight excluding hydrogens is 433 g/mol. The molecule has 2 aromatic carbocycles. The first-order valence-corrected chi connectivity index (χ1v) is 11.6. The summed E-state index contributed by atoms with van der Waals surface area (Å²) >= 11 is 0. The monoisotopic (exact) mass is 459 g/mol. The minimum absolute atomic E-state index is 0.337. The molecule has 2 aliphatic rings. The molecule has 2 fully saturated rings. The second-order valence-electron chi connectivity index (χ2n) is 8.87. The van der Waals surface area contributed by atoms with Crippen LogP contribution in [0.3, 0.4) is 0 Å². The lowest BCUT2D eigenvalue weighted by molar-refractivity contribution is 0.0401. The van der Waals surface area contributed by atoms with Crippen LogP contribution in [0, 0.1) is 0 Å². The Labute approximate surface area is 196 Å². The van der Waals surface area contributed by atoms with E-state index in [1.807, 2.05) is 54.6 Å². The van der Waals surface area contributed by atoms with E-state index in [0.717, 1.165) is 30.9 Å². The quantitative estimate of drug-likeness (QED) is 0.472. The highest BCUT2D eigenvalue weighted by atomic mass is 19.1. The minimum atomic E-state index is -1.04. The van der Waals surface area contributed by atoms with E-state index < -0.39 is 12.2 Å². The number of para-hydroxylation sites is 1. The SMILES string of the molecule is Nc1ncnc2c1c(-c1ccc(Oc3ccccc3)cc1)nn2C1CCN(C2CNC2)C[C@H]1F. The number of benzene rings is 2. The lowest BCUT2D eigenvalue weighted by Gasteiger charge is -2.43. The van der Waals surface area contributed by atoms with Gasteiger partial charge in [-0.1, -0.05) is 18.2 Å². The largest absolute Gasteiger partial charge is 0.457 e. The van der Waals surface area contributed by atoms with Gasteiger partial charge < -0.3 is 15.8 Å². The summed E-state index contributed by atoms with van der Waals surface area (Å²) in [7, 11) is 0. The fourth-order valence-corrected chi connectivity index (χ4v) is 4.79. The molecule has 174 valence electrons. The van der Waals surface area contributed by atoms with Gasteiger partial charge in [0, 0.05) is 37.8 Å². The molecule has 1 unspecified atom stereocenters. The molecule has 4 aromatic rings. The summed E-state index contributed by atoms with van der Waals surface area (Å²) in [6.07, 6.45) is 1.05. The fourth-order valence-electron chi connectivity index (χ4n) is 4.79. The molecule has 0 radical (unpaired) electrons. The second kappa shape index (κ2) is 8.66. The lowest BCUT2D eigenvalue weighted by Crippen LogP contribution is -2.60. The lowest BCUT2D eigenvalue weighted by atomic mass is 9.99. The maximum absolute atomic E-state index is 15.4. The summed E-state index contributed by atoms with van der Waals surface area (Å²) in [5, 5.41) is 8.75. The third-order valence-electron chi connectivity index (χ3n) is 6.75. The van der Waals surface area contributed by atoms with Crippen molar-refractivity contribution in [3.05, 3.63) is 60.9 Å². The normalized spacial score (nSPS) is 21.4. The molecule has 4 heterocycles. The van der Waals surface area contributed by atoms with Gasteiger partial charge in [0.15, 0.2) is 5.65 Å². The van der Waals surface area contributed by atoms with Crippen LogP contribution in [-0.2, 0) is 0 Å². The van der Waals surface area contributed by atoms with Gasteiger partial charge >= 0.3 is 0 Å². The highest BCUT2D eigenvalue weighted by Crippen LogP contribution is 2.36. The minimum Gasteiger partial charge on any atom is -0.457 e. The summed E-state index contributed by atoms with van der Waals surface area (Å²) in [5.74, 6) is 1.81. The smallest absolute Gasteiger partial charge is 0.164 e. The molecule has 0 amide bonds. The molecule has 0 saturated carbocycles. The maximum atomic E-state index is 15.4. The standard InChI is InChI=1S/C25H26FN7O/c26-20-14-32(17-12-28-13-17)11-10-21(20)33-25-22(24(27)29-15-30-25)23(31-33)16-6-8-19(9-7-16)34-18-4-2-1-3-5-18/h1-9,15,17,20-21,28H,10-14H2,(H2,27,29,30)/t20-,21?/m1/s1. The van der Waals surface area contributed by atoms with Crippen LogP contribution in [0.15, 0.2) is 60.9 Å². The van der Waals surface area contributed by atoms with Crippen molar-refractivity contribution < 1.29 is 9.13 Å². The Balaban J connectivity index is 1.32. The molecule has 34 heavy (non-hydrogen) atoms. The zero-order valence-electron chi connectivity index (χ0n) is 18.6. The fraction of sp³-hybridized carbons (Fsp3) is 0.320. The Morgan fingerprint density at radius 2 is 1.76 bits per heavy atom. The van der Waals surface area contributed by atoms with Crippen LogP contribution in [-0.4, -0.2) is 63.0 Å². The van der Waals surface area contributed by atoms with Crippen molar-refractivity contribution in [2.75, 3.05) is 31.9 Å². The number of nitrogens with two attached hydrogens (primary N) is 1. The van der Waals surface area contributed by atoms with E-state index in [4.69, 9.17) is 15.6 Å². The summed E-state index contributed by atoms with van der Waals surface area (Å²) in [6.45, 7) is 3.10. The number of likely N-dealkylation sites (tertiary alicyclic amines) is 1. The summed E-state index contributed by atoms with van der Waals surface area (Å²) in [5.41, 5.74) is 8.32. The molecule has 0 spiro atoms. The number of piperidine rings is 1. The van der Waals surface area contributed by atoms with Crippen LogP contribution in [0.1, 0.15) is 12.5 Å². The Morgan fingerprint density at radius 3 is 2.47 bits per heavy atom. The highest BCUT2D eigenvalue weighted by molar-refractivity contribution is 5.98. The molecule has 6 rings (SSSR count). The number of fused-ring (bicyclic) bond motifs is 1. The van der Waals surface area contributed by atoms with Gasteiger partial charge in [0.25, 0.3) is 0 Å². The number of alkyl halides is 1. The van der Waals surface area contributed by atoms with Crippen LogP contribution in [0.5, 0.6) is 11.5 Å². The first-order valence-electron chi connectivity index (χ1n) is 11.6. The van der Waals surface area contributed by atoms with Gasteiger partial charge in [0.2, 0.25) is 0 Å². The molecular formula is C25H26FN7O. The van der Waals surface area contributed by atoms with Gasteiger partial charge in [-0.3, -0.25) is 4.90 Å². The number of nitrogens with zero attached hydrogens (tertiary/aromatic N) is 5. The molecule has 8 nitrogen and oxygen atoms in total. The number of halogens is 1. The van der Waals surface area contributed by atoms with E-state index in [2.05, 4.69) is 20.2 Å². The molecule has 0 bridgehead atoms. The number of aromatic nitrogens is 4. The van der Waals surface area contributed by atoms with Crippen molar-refractivity contribution in [3.63, 3.8) is 0 Å². The highest BCUT2D eigenvalue weighted by Gasteiger charge is 2.37. The van der Waals surface area contributed by atoms with E-state index in [1.165, 1.54) is 6.33 Å². The Bertz CT molecular complexity index is 1290. The molecule has 2 aliphatic heterocycles. The first kappa shape index (κ1) is 21.0. The number of hydrogen-bond donors (Lipinski definition) is 2. The Hall–Kier alpha value is -3.56. The average Bonchev–Trinajstić information content (AvgIpc) is 3.20.